The van der Waals surface area contributed by atoms with Crippen molar-refractivity contribution >= 4 is 70.9 Å². The molecule has 4 amide bonds. The average molecular weight is 808 g/mol. The molecule has 0 bridgehead atoms. The van der Waals surface area contributed by atoms with Crippen LogP contribution < -0.4 is 10.6 Å². The molecule has 4 unspecified atom stereocenters. The highest BCUT2D eigenvalue weighted by atomic mass is 35.5. The van der Waals surface area contributed by atoms with E-state index < -0.39 is 24.3 Å². The van der Waals surface area contributed by atoms with E-state index in [9.17, 15) is 19.2 Å². The van der Waals surface area contributed by atoms with Crippen molar-refractivity contribution in [3.05, 3.63) is 59.2 Å². The van der Waals surface area contributed by atoms with E-state index in [1.54, 1.807) is 9.80 Å². The molecule has 0 saturated carbocycles. The number of nitrogens with one attached hydrogen (secondary N) is 4. The van der Waals surface area contributed by atoms with Gasteiger partial charge in [0.1, 0.15) is 23.7 Å². The van der Waals surface area contributed by atoms with Gasteiger partial charge in [-0.15, -0.1) is 24.8 Å². The van der Waals surface area contributed by atoms with Gasteiger partial charge in [0, 0.05) is 24.2 Å². The maximum atomic E-state index is 13.5. The highest BCUT2D eigenvalue weighted by molar-refractivity contribution is 5.88. The van der Waals surface area contributed by atoms with Crippen molar-refractivity contribution < 1.29 is 28.7 Å². The molecule has 4 heterocycles. The first-order chi connectivity index (χ1) is 26.0. The van der Waals surface area contributed by atoms with Gasteiger partial charge < -0.3 is 39.9 Å². The minimum atomic E-state index is -0.703. The van der Waals surface area contributed by atoms with Crippen molar-refractivity contribution in [3.63, 3.8) is 0 Å². The van der Waals surface area contributed by atoms with Gasteiger partial charge in [0.15, 0.2) is 0 Å². The van der Waals surface area contributed by atoms with E-state index in [4.69, 9.17) is 19.4 Å². The standard InChI is InChI=1S/C40H46N8O6.2ClH/c1-23(2)33(45-39(51)53-5)37(49)47-19-9-13-31(47)35-41-27-17-15-25(21-29(27)43-35)11-7-8-12-26-16-18-28-30(22-26)44-36(42-28)32-14-10-20-48(32)38(50)34(24(3)4)46-40(52)54-6;;/h15-18,21-24,31-34H,9-10,13-14,19-20H2,1-6H3,(H,41,43)(H,42,44)(H,45,51)(H,46,52);2*1H. The second-order valence-electron chi connectivity index (χ2n) is 14.3. The summed E-state index contributed by atoms with van der Waals surface area (Å²) in [6, 6.07) is 9.52. The number of benzene rings is 2. The number of imidazole rings is 2. The van der Waals surface area contributed by atoms with Crippen molar-refractivity contribution in [3.8, 4) is 23.7 Å². The monoisotopic (exact) mass is 806 g/mol. The number of methoxy groups -OCH3 is 2. The number of nitrogens with zero attached hydrogens (tertiary/aromatic N) is 4. The molecule has 2 aromatic carbocycles. The largest absolute Gasteiger partial charge is 0.453 e. The number of aromatic amines is 2. The van der Waals surface area contributed by atoms with E-state index in [0.717, 1.165) is 58.9 Å². The summed E-state index contributed by atoms with van der Waals surface area (Å²) < 4.78 is 9.48. The molecule has 14 nitrogen and oxygen atoms in total. The number of carbonyl (C=O) groups excluding carboxylic acids is 4. The van der Waals surface area contributed by atoms with Crippen LogP contribution in [0.2, 0.25) is 0 Å². The van der Waals surface area contributed by atoms with Crippen LogP contribution >= 0.6 is 24.8 Å². The Kier molecular flexibility index (Phi) is 14.6. The van der Waals surface area contributed by atoms with Gasteiger partial charge in [0.2, 0.25) is 11.8 Å². The van der Waals surface area contributed by atoms with Crippen LogP contribution in [0.1, 0.15) is 88.2 Å². The Labute approximate surface area is 338 Å². The molecule has 4 N–H and O–H groups in total. The number of halogens is 2. The molecule has 4 atom stereocenters. The highest BCUT2D eigenvalue weighted by Crippen LogP contribution is 2.34. The van der Waals surface area contributed by atoms with Crippen molar-refractivity contribution in [1.29, 1.82) is 0 Å². The first-order valence-corrected chi connectivity index (χ1v) is 18.3. The summed E-state index contributed by atoms with van der Waals surface area (Å²) >= 11 is 0. The van der Waals surface area contributed by atoms with E-state index in [2.05, 4.69) is 44.3 Å². The Bertz CT molecular complexity index is 2040. The number of H-pyrrole nitrogens is 2. The summed E-state index contributed by atoms with van der Waals surface area (Å²) in [5, 5.41) is 5.36. The zero-order valence-electron chi connectivity index (χ0n) is 32.2. The van der Waals surface area contributed by atoms with Crippen LogP contribution in [-0.4, -0.2) is 93.1 Å². The number of ether oxygens (including phenoxy) is 2. The van der Waals surface area contributed by atoms with Crippen LogP contribution in [0.25, 0.3) is 22.1 Å². The number of fused-ring (bicyclic) bond motifs is 2. The van der Waals surface area contributed by atoms with E-state index in [-0.39, 0.29) is 60.5 Å². The lowest BCUT2D eigenvalue weighted by Crippen LogP contribution is -2.51. The SMILES string of the molecule is COC(=O)NC(C(=O)N1CCCC1c1nc2ccc(C#CC#Cc3ccc4nc(C5CCCN5C(=O)C(NC(=O)OC)C(C)C)[nH]c4c3)cc2[nH]1)C(C)C.Cl.Cl. The Morgan fingerprint density at radius 3 is 1.45 bits per heavy atom. The van der Waals surface area contributed by atoms with Crippen molar-refractivity contribution in [2.24, 2.45) is 11.8 Å². The van der Waals surface area contributed by atoms with Gasteiger partial charge in [-0.05, 0) is 85.8 Å². The third kappa shape index (κ3) is 9.49. The molecule has 56 heavy (non-hydrogen) atoms. The van der Waals surface area contributed by atoms with Crippen molar-refractivity contribution in [2.75, 3.05) is 27.3 Å². The molecule has 6 rings (SSSR count). The third-order valence-corrected chi connectivity index (χ3v) is 9.96. The molecular formula is C40H48Cl2N8O6. The first kappa shape index (κ1) is 43.3. The van der Waals surface area contributed by atoms with Crippen molar-refractivity contribution in [1.82, 2.24) is 40.4 Å². The van der Waals surface area contributed by atoms with Crippen LogP contribution in [0.5, 0.6) is 0 Å². The summed E-state index contributed by atoms with van der Waals surface area (Å²) in [6.07, 6.45) is 1.91. The molecule has 2 saturated heterocycles. The molecule has 2 aromatic heterocycles. The van der Waals surface area contributed by atoms with Gasteiger partial charge in [-0.2, -0.15) is 0 Å². The fourth-order valence-corrected chi connectivity index (χ4v) is 7.12. The lowest BCUT2D eigenvalue weighted by molar-refractivity contribution is -0.136. The minimum Gasteiger partial charge on any atom is -0.453 e. The smallest absolute Gasteiger partial charge is 0.407 e. The van der Waals surface area contributed by atoms with Crippen LogP contribution in [-0.2, 0) is 19.1 Å². The Balaban J connectivity index is 0.00000348. The number of rotatable bonds is 8. The second kappa shape index (κ2) is 18.9. The Hall–Kier alpha value is -5.44. The molecule has 298 valence electrons. The van der Waals surface area contributed by atoms with E-state index in [1.807, 2.05) is 64.1 Å². The minimum absolute atomic E-state index is 0. The lowest BCUT2D eigenvalue weighted by Gasteiger charge is -2.29. The second-order valence-corrected chi connectivity index (χ2v) is 14.3. The maximum absolute atomic E-state index is 13.5. The van der Waals surface area contributed by atoms with E-state index in [1.165, 1.54) is 14.2 Å². The Morgan fingerprint density at radius 2 is 1.09 bits per heavy atom. The van der Waals surface area contributed by atoms with Gasteiger partial charge in [0.25, 0.3) is 0 Å². The predicted molar refractivity (Wildman–Crippen MR) is 216 cm³/mol. The fraction of sp³-hybridized carbons (Fsp3) is 0.450. The van der Waals surface area contributed by atoms with E-state index >= 15 is 0 Å². The summed E-state index contributed by atoms with van der Waals surface area (Å²) in [7, 11) is 2.56. The van der Waals surface area contributed by atoms with Gasteiger partial charge in [-0.3, -0.25) is 9.59 Å². The molecule has 4 aromatic rings. The summed E-state index contributed by atoms with van der Waals surface area (Å²) in [4.78, 5) is 70.8. The molecular weight excluding hydrogens is 759 g/mol. The topological polar surface area (TPSA) is 175 Å². The molecule has 0 radical (unpaired) electrons. The lowest BCUT2D eigenvalue weighted by atomic mass is 10.0. The van der Waals surface area contributed by atoms with E-state index in [0.29, 0.717) is 24.7 Å². The zero-order valence-corrected chi connectivity index (χ0v) is 33.9. The number of alkyl carbamates (subject to hydrolysis) is 2. The predicted octanol–water partition coefficient (Wildman–Crippen LogP) is 5.77. The fourth-order valence-electron chi connectivity index (χ4n) is 7.12. The van der Waals surface area contributed by atoms with Crippen LogP contribution in [0, 0.1) is 35.5 Å². The van der Waals surface area contributed by atoms with Gasteiger partial charge in [-0.25, -0.2) is 19.6 Å². The summed E-state index contributed by atoms with van der Waals surface area (Å²) in [5.41, 5.74) is 4.67. The number of carbonyl (C=O) groups is 4. The quantitative estimate of drug-likeness (QED) is 0.162. The molecule has 16 heteroatoms. The molecule has 2 aliphatic heterocycles. The molecule has 0 aliphatic carbocycles. The van der Waals surface area contributed by atoms with Crippen LogP contribution in [0.15, 0.2) is 36.4 Å². The van der Waals surface area contributed by atoms with Gasteiger partial charge >= 0.3 is 12.2 Å². The summed E-state index contributed by atoms with van der Waals surface area (Å²) in [6.45, 7) is 8.71. The van der Waals surface area contributed by atoms with Crippen LogP contribution in [0.4, 0.5) is 9.59 Å². The molecule has 2 aliphatic rings. The number of hydrogen-bond acceptors (Lipinski definition) is 8. The maximum Gasteiger partial charge on any atom is 0.407 e. The molecule has 2 fully saturated rings. The average Bonchev–Trinajstić information content (AvgIpc) is 3.98. The number of likely N-dealkylation sites (tertiary alicyclic amines) is 2. The third-order valence-electron chi connectivity index (χ3n) is 9.96. The van der Waals surface area contributed by atoms with Crippen LogP contribution in [0.3, 0.4) is 0 Å². The van der Waals surface area contributed by atoms with Crippen molar-refractivity contribution in [2.45, 2.75) is 77.5 Å². The Morgan fingerprint density at radius 1 is 0.696 bits per heavy atom. The van der Waals surface area contributed by atoms with Gasteiger partial charge in [0.05, 0.1) is 48.4 Å². The normalized spacial score (nSPS) is 17.2. The first-order valence-electron chi connectivity index (χ1n) is 18.3. The zero-order chi connectivity index (χ0) is 38.5. The number of hydrogen-bond donors (Lipinski definition) is 4. The highest BCUT2D eigenvalue weighted by Gasteiger charge is 2.39. The summed E-state index contributed by atoms with van der Waals surface area (Å²) in [5.74, 6) is 12.9. The van der Waals surface area contributed by atoms with Gasteiger partial charge in [-0.1, -0.05) is 39.5 Å². The number of aromatic nitrogens is 4. The number of amides is 4. The molecule has 0 spiro atoms.